The molecule has 2 aromatic rings. The smallest absolute Gasteiger partial charge is 0.226 e. The van der Waals surface area contributed by atoms with Crippen LogP contribution in [0.1, 0.15) is 18.7 Å². The van der Waals surface area contributed by atoms with Crippen molar-refractivity contribution in [3.05, 3.63) is 36.0 Å². The predicted octanol–water partition coefficient (Wildman–Crippen LogP) is 1.96. The summed E-state index contributed by atoms with van der Waals surface area (Å²) >= 11 is 0. The first-order chi connectivity index (χ1) is 10.7. The number of likely N-dealkylation sites (N-methyl/N-ethyl adjacent to an activating group) is 1. The number of amides is 1. The summed E-state index contributed by atoms with van der Waals surface area (Å²) in [5.41, 5.74) is 0.696. The van der Waals surface area contributed by atoms with E-state index in [0.29, 0.717) is 43.1 Å². The van der Waals surface area contributed by atoms with E-state index in [4.69, 9.17) is 4.52 Å². The molecule has 2 N–H and O–H groups in total. The largest absolute Gasteiger partial charge is 0.355 e. The minimum atomic E-state index is -0.309. The maximum absolute atomic E-state index is 12.9. The van der Waals surface area contributed by atoms with Gasteiger partial charge in [-0.1, -0.05) is 5.16 Å². The number of hydrogen-bond acceptors (Lipinski definition) is 5. The Morgan fingerprint density at radius 3 is 2.70 bits per heavy atom. The van der Waals surface area contributed by atoms with E-state index in [0.717, 1.165) is 6.54 Å². The summed E-state index contributed by atoms with van der Waals surface area (Å²) in [5.74, 6) is 0.598. The summed E-state index contributed by atoms with van der Waals surface area (Å²) in [6.07, 6.45) is 1.59. The normalized spacial score (nSPS) is 10.2. The van der Waals surface area contributed by atoms with E-state index < -0.39 is 0 Å². The van der Waals surface area contributed by atoms with E-state index in [2.05, 4.69) is 20.8 Å². The van der Waals surface area contributed by atoms with Crippen LogP contribution in [-0.4, -0.2) is 36.2 Å². The van der Waals surface area contributed by atoms with Gasteiger partial charge in [0.15, 0.2) is 0 Å². The van der Waals surface area contributed by atoms with Crippen LogP contribution in [-0.2, 0) is 11.2 Å². The lowest BCUT2D eigenvalue weighted by Crippen LogP contribution is -2.30. The molecule has 2 rings (SSSR count). The third-order valence-corrected chi connectivity index (χ3v) is 3.06. The van der Waals surface area contributed by atoms with Crippen LogP contribution in [0.2, 0.25) is 0 Å². The molecule has 6 nitrogen and oxygen atoms in total. The van der Waals surface area contributed by atoms with Gasteiger partial charge in [0.25, 0.3) is 0 Å². The maximum Gasteiger partial charge on any atom is 0.226 e. The number of benzene rings is 1. The van der Waals surface area contributed by atoms with Crippen LogP contribution in [0.5, 0.6) is 0 Å². The number of nitrogens with zero attached hydrogens (tertiary/aromatic N) is 2. The molecule has 0 aliphatic carbocycles. The highest BCUT2D eigenvalue weighted by Gasteiger charge is 2.09. The average Bonchev–Trinajstić information content (AvgIpc) is 2.97. The van der Waals surface area contributed by atoms with Crippen LogP contribution in [0.15, 0.2) is 28.8 Å². The SMILES string of the molecule is CNCCNC(=O)CCCc1nc(-c2ccc(F)cc2)no1.Cl. The van der Waals surface area contributed by atoms with Crippen molar-refractivity contribution in [3.63, 3.8) is 0 Å². The highest BCUT2D eigenvalue weighted by atomic mass is 35.5. The Morgan fingerprint density at radius 2 is 2.00 bits per heavy atom. The van der Waals surface area contributed by atoms with E-state index in [1.54, 1.807) is 12.1 Å². The summed E-state index contributed by atoms with van der Waals surface area (Å²) in [4.78, 5) is 15.8. The average molecular weight is 343 g/mol. The lowest BCUT2D eigenvalue weighted by molar-refractivity contribution is -0.121. The fraction of sp³-hybridized carbons (Fsp3) is 0.400. The molecular formula is C15H20ClFN4O2. The van der Waals surface area contributed by atoms with Gasteiger partial charge in [0, 0.05) is 31.5 Å². The van der Waals surface area contributed by atoms with Crippen molar-refractivity contribution >= 4 is 18.3 Å². The zero-order valence-corrected chi connectivity index (χ0v) is 13.7. The third kappa shape index (κ3) is 6.33. The molecule has 0 fully saturated rings. The molecule has 1 heterocycles. The molecule has 1 aromatic heterocycles. The van der Waals surface area contributed by atoms with Gasteiger partial charge in [-0.3, -0.25) is 4.79 Å². The second kappa shape index (κ2) is 9.91. The molecule has 0 aliphatic heterocycles. The first kappa shape index (κ1) is 19.1. The maximum atomic E-state index is 12.9. The highest BCUT2D eigenvalue weighted by molar-refractivity contribution is 5.85. The van der Waals surface area contributed by atoms with Crippen LogP contribution < -0.4 is 10.6 Å². The van der Waals surface area contributed by atoms with Crippen molar-refractivity contribution in [2.75, 3.05) is 20.1 Å². The minimum absolute atomic E-state index is 0. The lowest BCUT2D eigenvalue weighted by atomic mass is 10.2. The van der Waals surface area contributed by atoms with E-state index >= 15 is 0 Å². The van der Waals surface area contributed by atoms with Crippen molar-refractivity contribution < 1.29 is 13.7 Å². The Balaban J connectivity index is 0.00000264. The van der Waals surface area contributed by atoms with Gasteiger partial charge in [0.05, 0.1) is 0 Å². The first-order valence-electron chi connectivity index (χ1n) is 7.19. The molecule has 0 aliphatic rings. The fourth-order valence-electron chi connectivity index (χ4n) is 1.89. The van der Waals surface area contributed by atoms with E-state index in [1.165, 1.54) is 12.1 Å². The van der Waals surface area contributed by atoms with E-state index in [1.807, 2.05) is 7.05 Å². The molecule has 0 radical (unpaired) electrons. The standard InChI is InChI=1S/C15H19FN4O2.ClH/c1-17-9-10-18-13(21)3-2-4-14-19-15(20-22-14)11-5-7-12(16)8-6-11;/h5-8,17H,2-4,9-10H2,1H3,(H,18,21);1H. The van der Waals surface area contributed by atoms with Gasteiger partial charge in [-0.05, 0) is 37.7 Å². The van der Waals surface area contributed by atoms with Gasteiger partial charge in [-0.2, -0.15) is 4.98 Å². The topological polar surface area (TPSA) is 80.0 Å². The molecule has 23 heavy (non-hydrogen) atoms. The summed E-state index contributed by atoms with van der Waals surface area (Å²) < 4.78 is 18.0. The Kier molecular flexibility index (Phi) is 8.21. The van der Waals surface area contributed by atoms with Crippen LogP contribution in [0.25, 0.3) is 11.4 Å². The van der Waals surface area contributed by atoms with Gasteiger partial charge in [0.2, 0.25) is 17.6 Å². The molecule has 0 saturated carbocycles. The lowest BCUT2D eigenvalue weighted by Gasteiger charge is -2.03. The van der Waals surface area contributed by atoms with Crippen molar-refractivity contribution in [1.82, 2.24) is 20.8 Å². The Labute approximate surface area is 140 Å². The second-order valence-electron chi connectivity index (χ2n) is 4.83. The van der Waals surface area contributed by atoms with Crippen molar-refractivity contribution in [2.45, 2.75) is 19.3 Å². The van der Waals surface area contributed by atoms with Crippen LogP contribution >= 0.6 is 12.4 Å². The minimum Gasteiger partial charge on any atom is -0.355 e. The Morgan fingerprint density at radius 1 is 1.26 bits per heavy atom. The number of carbonyl (C=O) groups excluding carboxylic acids is 1. The molecule has 0 spiro atoms. The van der Waals surface area contributed by atoms with E-state index in [9.17, 15) is 9.18 Å². The molecule has 0 saturated heterocycles. The molecule has 1 amide bonds. The number of nitrogens with one attached hydrogen (secondary N) is 2. The van der Waals surface area contributed by atoms with Crippen LogP contribution in [0.3, 0.4) is 0 Å². The fourth-order valence-corrected chi connectivity index (χ4v) is 1.89. The number of rotatable bonds is 8. The van der Waals surface area contributed by atoms with Gasteiger partial charge >= 0.3 is 0 Å². The monoisotopic (exact) mass is 342 g/mol. The van der Waals surface area contributed by atoms with Crippen LogP contribution in [0, 0.1) is 5.82 Å². The number of carbonyl (C=O) groups is 1. The Hall–Kier alpha value is -1.99. The number of aryl methyl sites for hydroxylation is 1. The molecule has 8 heteroatoms. The van der Waals surface area contributed by atoms with E-state index in [-0.39, 0.29) is 24.1 Å². The number of aromatic nitrogens is 2. The Bertz CT molecular complexity index is 604. The van der Waals surface area contributed by atoms with Crippen molar-refractivity contribution in [1.29, 1.82) is 0 Å². The predicted molar refractivity (Wildman–Crippen MR) is 86.8 cm³/mol. The van der Waals surface area contributed by atoms with Crippen molar-refractivity contribution in [2.24, 2.45) is 0 Å². The van der Waals surface area contributed by atoms with Crippen molar-refractivity contribution in [3.8, 4) is 11.4 Å². The van der Waals surface area contributed by atoms with Gasteiger partial charge in [-0.25, -0.2) is 4.39 Å². The molecule has 0 atom stereocenters. The first-order valence-corrected chi connectivity index (χ1v) is 7.19. The third-order valence-electron chi connectivity index (χ3n) is 3.06. The zero-order valence-electron chi connectivity index (χ0n) is 12.8. The van der Waals surface area contributed by atoms with Gasteiger partial charge in [0.1, 0.15) is 5.82 Å². The summed E-state index contributed by atoms with van der Waals surface area (Å²) in [7, 11) is 1.83. The molecule has 126 valence electrons. The quantitative estimate of drug-likeness (QED) is 0.717. The summed E-state index contributed by atoms with van der Waals surface area (Å²) in [6, 6.07) is 5.89. The highest BCUT2D eigenvalue weighted by Crippen LogP contribution is 2.16. The summed E-state index contributed by atoms with van der Waals surface area (Å²) in [6.45, 7) is 1.36. The molecule has 0 unspecified atom stereocenters. The number of hydrogen-bond donors (Lipinski definition) is 2. The van der Waals surface area contributed by atoms with Crippen LogP contribution in [0.4, 0.5) is 4.39 Å². The second-order valence-corrected chi connectivity index (χ2v) is 4.83. The zero-order chi connectivity index (χ0) is 15.8. The molecular weight excluding hydrogens is 323 g/mol. The summed E-state index contributed by atoms with van der Waals surface area (Å²) in [5, 5.41) is 9.62. The number of halogens is 2. The molecule has 1 aromatic carbocycles. The van der Waals surface area contributed by atoms with Gasteiger partial charge < -0.3 is 15.2 Å². The van der Waals surface area contributed by atoms with Gasteiger partial charge in [-0.15, -0.1) is 12.4 Å². The molecule has 0 bridgehead atoms.